The summed E-state index contributed by atoms with van der Waals surface area (Å²) in [4.78, 5) is 0. The monoisotopic (exact) mass is 333 g/mol. The zero-order valence-corrected chi connectivity index (χ0v) is 12.8. The van der Waals surface area contributed by atoms with Crippen molar-refractivity contribution >= 4 is 31.7 Å². The van der Waals surface area contributed by atoms with E-state index in [0.717, 1.165) is 28.7 Å². The molecular formula is C15H15N3OSe. The van der Waals surface area contributed by atoms with Gasteiger partial charge in [-0.15, -0.1) is 0 Å². The number of nitrogens with zero attached hydrogens (tertiary/aromatic N) is 2. The number of nitrogens with one attached hydrogen (secondary N) is 1. The van der Waals surface area contributed by atoms with Gasteiger partial charge in [-0.2, -0.15) is 0 Å². The van der Waals surface area contributed by atoms with Crippen LogP contribution in [0.5, 0.6) is 5.75 Å². The van der Waals surface area contributed by atoms with Crippen LogP contribution in [0.4, 0.5) is 5.69 Å². The second-order valence-electron chi connectivity index (χ2n) is 4.63. The summed E-state index contributed by atoms with van der Waals surface area (Å²) in [5, 5.41) is 12.9. The standard InChI is InChI=1S/C15H15N3OSe/c1-2-12(10-6-8-11(19)9-7-10)16-13-4-3-5-14-15(13)18-20-17-14/h3-9,12,16,19H,2H2,1H3. The number of phenols is 1. The third-order valence-corrected chi connectivity index (χ3v) is 4.46. The topological polar surface area (TPSA) is 58.0 Å². The van der Waals surface area contributed by atoms with Crippen molar-refractivity contribution in [3.8, 4) is 5.75 Å². The van der Waals surface area contributed by atoms with Crippen molar-refractivity contribution < 1.29 is 5.11 Å². The van der Waals surface area contributed by atoms with Crippen LogP contribution in [0.2, 0.25) is 0 Å². The Morgan fingerprint density at radius 1 is 1.15 bits per heavy atom. The van der Waals surface area contributed by atoms with E-state index in [4.69, 9.17) is 0 Å². The first-order chi connectivity index (χ1) is 9.78. The quantitative estimate of drug-likeness (QED) is 0.721. The predicted molar refractivity (Wildman–Crippen MR) is 81.2 cm³/mol. The summed E-state index contributed by atoms with van der Waals surface area (Å²) in [5.41, 5.74) is 4.15. The Morgan fingerprint density at radius 3 is 2.70 bits per heavy atom. The maximum atomic E-state index is 9.38. The van der Waals surface area contributed by atoms with Gasteiger partial charge in [0, 0.05) is 0 Å². The van der Waals surface area contributed by atoms with Crippen LogP contribution in [0.3, 0.4) is 0 Å². The van der Waals surface area contributed by atoms with Gasteiger partial charge in [-0.3, -0.25) is 0 Å². The second-order valence-corrected chi connectivity index (χ2v) is 5.74. The van der Waals surface area contributed by atoms with Crippen molar-refractivity contribution in [1.82, 2.24) is 7.96 Å². The number of benzene rings is 2. The fourth-order valence-electron chi connectivity index (χ4n) is 2.24. The molecule has 2 aromatic carbocycles. The van der Waals surface area contributed by atoms with E-state index in [1.165, 1.54) is 0 Å². The molecule has 0 saturated heterocycles. The van der Waals surface area contributed by atoms with Crippen molar-refractivity contribution in [3.05, 3.63) is 48.0 Å². The van der Waals surface area contributed by atoms with Gasteiger partial charge >= 0.3 is 123 Å². The van der Waals surface area contributed by atoms with E-state index in [1.807, 2.05) is 30.3 Å². The Kier molecular flexibility index (Phi) is 3.72. The fourth-order valence-corrected chi connectivity index (χ4v) is 3.39. The van der Waals surface area contributed by atoms with E-state index in [1.54, 1.807) is 12.1 Å². The second kappa shape index (κ2) is 5.65. The molecule has 20 heavy (non-hydrogen) atoms. The molecular weight excluding hydrogens is 317 g/mol. The molecule has 0 saturated carbocycles. The van der Waals surface area contributed by atoms with Crippen molar-refractivity contribution in [2.24, 2.45) is 0 Å². The Bertz CT molecular complexity index is 708. The zero-order chi connectivity index (χ0) is 13.9. The molecule has 0 amide bonds. The Labute approximate surface area is 123 Å². The minimum absolute atomic E-state index is 0.0135. The normalized spacial score (nSPS) is 12.4. The molecule has 1 unspecified atom stereocenters. The summed E-state index contributed by atoms with van der Waals surface area (Å²) in [6, 6.07) is 13.6. The van der Waals surface area contributed by atoms with Gasteiger partial charge in [0.2, 0.25) is 0 Å². The number of rotatable bonds is 4. The summed E-state index contributed by atoms with van der Waals surface area (Å²) in [7, 11) is 0. The summed E-state index contributed by atoms with van der Waals surface area (Å²) in [5.74, 6) is 0.292. The molecule has 1 atom stereocenters. The fraction of sp³-hybridized carbons (Fsp3) is 0.200. The van der Waals surface area contributed by atoms with Crippen molar-refractivity contribution in [3.63, 3.8) is 0 Å². The molecule has 0 aliphatic rings. The first kappa shape index (κ1) is 13.2. The number of hydrogen-bond acceptors (Lipinski definition) is 4. The number of hydrogen-bond donors (Lipinski definition) is 2. The summed E-state index contributed by atoms with van der Waals surface area (Å²) in [6.45, 7) is 2.14. The summed E-state index contributed by atoms with van der Waals surface area (Å²) >= 11 is -0.0135. The summed E-state index contributed by atoms with van der Waals surface area (Å²) < 4.78 is 8.89. The predicted octanol–water partition coefficient (Wildman–Crippen LogP) is 2.96. The van der Waals surface area contributed by atoms with Gasteiger partial charge in [-0.1, -0.05) is 0 Å². The molecule has 4 nitrogen and oxygen atoms in total. The number of anilines is 1. The SMILES string of the molecule is CCC(Nc1cccc2n[se]nc12)c1ccc(O)cc1. The van der Waals surface area contributed by atoms with Crippen molar-refractivity contribution in [2.45, 2.75) is 19.4 Å². The molecule has 0 radical (unpaired) electrons. The van der Waals surface area contributed by atoms with Crippen molar-refractivity contribution in [1.29, 1.82) is 0 Å². The van der Waals surface area contributed by atoms with Gasteiger partial charge < -0.3 is 0 Å². The van der Waals surface area contributed by atoms with Crippen LogP contribution < -0.4 is 5.32 Å². The third kappa shape index (κ3) is 2.55. The van der Waals surface area contributed by atoms with E-state index in [-0.39, 0.29) is 21.0 Å². The molecule has 0 spiro atoms. The van der Waals surface area contributed by atoms with E-state index < -0.39 is 0 Å². The third-order valence-electron chi connectivity index (χ3n) is 3.32. The average Bonchev–Trinajstić information content (AvgIpc) is 2.95. The minimum atomic E-state index is -0.0135. The van der Waals surface area contributed by atoms with Crippen LogP contribution in [0.15, 0.2) is 42.5 Å². The molecule has 3 rings (SSSR count). The first-order valence-electron chi connectivity index (χ1n) is 6.54. The van der Waals surface area contributed by atoms with Crippen LogP contribution in [-0.4, -0.2) is 28.0 Å². The Balaban J connectivity index is 1.91. The van der Waals surface area contributed by atoms with Gasteiger partial charge in [0.25, 0.3) is 0 Å². The van der Waals surface area contributed by atoms with Crippen LogP contribution in [0.1, 0.15) is 24.9 Å². The van der Waals surface area contributed by atoms with E-state index in [2.05, 4.69) is 20.2 Å². The molecule has 5 heteroatoms. The van der Waals surface area contributed by atoms with Gasteiger partial charge in [0.05, 0.1) is 0 Å². The zero-order valence-electron chi connectivity index (χ0n) is 11.1. The van der Waals surface area contributed by atoms with E-state index in [9.17, 15) is 5.11 Å². The number of phenolic OH excluding ortho intramolecular Hbond substituents is 1. The molecule has 0 aliphatic carbocycles. The number of aromatic hydroxyl groups is 1. The Morgan fingerprint density at radius 2 is 1.95 bits per heavy atom. The molecule has 102 valence electrons. The summed E-state index contributed by atoms with van der Waals surface area (Å²) in [6.07, 6.45) is 0.955. The molecule has 3 aromatic rings. The average molecular weight is 332 g/mol. The van der Waals surface area contributed by atoms with Crippen LogP contribution in [0, 0.1) is 0 Å². The number of fused-ring (bicyclic) bond motifs is 1. The molecule has 1 aromatic heterocycles. The van der Waals surface area contributed by atoms with Gasteiger partial charge in [-0.25, -0.2) is 0 Å². The molecule has 1 heterocycles. The van der Waals surface area contributed by atoms with Crippen LogP contribution in [-0.2, 0) is 0 Å². The van der Waals surface area contributed by atoms with Gasteiger partial charge in [-0.05, 0) is 0 Å². The van der Waals surface area contributed by atoms with Crippen LogP contribution >= 0.6 is 0 Å². The number of aromatic nitrogens is 2. The van der Waals surface area contributed by atoms with Crippen LogP contribution in [0.25, 0.3) is 11.0 Å². The van der Waals surface area contributed by atoms with Gasteiger partial charge in [0.15, 0.2) is 0 Å². The molecule has 0 fully saturated rings. The first-order valence-corrected chi connectivity index (χ1v) is 8.08. The maximum absolute atomic E-state index is 9.38. The van der Waals surface area contributed by atoms with Gasteiger partial charge in [0.1, 0.15) is 0 Å². The van der Waals surface area contributed by atoms with E-state index >= 15 is 0 Å². The molecule has 0 bridgehead atoms. The van der Waals surface area contributed by atoms with Crippen molar-refractivity contribution in [2.75, 3.05) is 5.32 Å². The molecule has 2 N–H and O–H groups in total. The Hall–Kier alpha value is -1.84. The molecule has 0 aliphatic heterocycles. The van der Waals surface area contributed by atoms with E-state index in [0.29, 0.717) is 5.75 Å².